The number of methoxy groups -OCH3 is 1. The van der Waals surface area contributed by atoms with Crippen LogP contribution in [0.1, 0.15) is 33.6 Å². The van der Waals surface area contributed by atoms with Crippen molar-refractivity contribution in [2.75, 3.05) is 7.11 Å². The van der Waals surface area contributed by atoms with Gasteiger partial charge in [0.25, 0.3) is 0 Å². The first-order chi connectivity index (χ1) is 6.44. The summed E-state index contributed by atoms with van der Waals surface area (Å²) in [6, 6.07) is 0. The number of nitrogens with zero attached hydrogens (tertiary/aromatic N) is 1. The summed E-state index contributed by atoms with van der Waals surface area (Å²) in [6.45, 7) is 6.02. The maximum absolute atomic E-state index is 11.0. The lowest BCUT2D eigenvalue weighted by Crippen LogP contribution is -2.34. The largest absolute Gasteiger partial charge is 0.469 e. The molecule has 0 spiro atoms. The van der Waals surface area contributed by atoms with Gasteiger partial charge in [-0.15, -0.1) is 0 Å². The normalized spacial score (nSPS) is 24.9. The van der Waals surface area contributed by atoms with Gasteiger partial charge in [0.2, 0.25) is 0 Å². The second-order valence-electron chi connectivity index (χ2n) is 4.29. The molecule has 80 valence electrons. The molecular formula is C10H17NO3. The van der Waals surface area contributed by atoms with E-state index >= 15 is 0 Å². The summed E-state index contributed by atoms with van der Waals surface area (Å²) >= 11 is 0. The van der Waals surface area contributed by atoms with Crippen molar-refractivity contribution in [3.05, 3.63) is 0 Å². The zero-order valence-electron chi connectivity index (χ0n) is 9.16. The van der Waals surface area contributed by atoms with Crippen molar-refractivity contribution >= 4 is 11.7 Å². The summed E-state index contributed by atoms with van der Waals surface area (Å²) < 4.78 is 4.58. The van der Waals surface area contributed by atoms with Gasteiger partial charge in [-0.3, -0.25) is 4.79 Å². The first-order valence-electron chi connectivity index (χ1n) is 4.76. The third-order valence-electron chi connectivity index (χ3n) is 2.33. The van der Waals surface area contributed by atoms with E-state index in [1.54, 1.807) is 0 Å². The van der Waals surface area contributed by atoms with Crippen molar-refractivity contribution in [1.29, 1.82) is 0 Å². The fourth-order valence-corrected chi connectivity index (χ4v) is 1.59. The highest BCUT2D eigenvalue weighted by molar-refractivity contribution is 6.00. The Kier molecular flexibility index (Phi) is 3.13. The third kappa shape index (κ3) is 2.72. The van der Waals surface area contributed by atoms with Crippen molar-refractivity contribution in [3.8, 4) is 0 Å². The van der Waals surface area contributed by atoms with Crippen molar-refractivity contribution in [3.63, 3.8) is 0 Å². The minimum absolute atomic E-state index is 0.223. The summed E-state index contributed by atoms with van der Waals surface area (Å²) in [7, 11) is 1.38. The maximum Gasteiger partial charge on any atom is 0.311 e. The minimum Gasteiger partial charge on any atom is -0.469 e. The van der Waals surface area contributed by atoms with E-state index in [1.165, 1.54) is 7.11 Å². The van der Waals surface area contributed by atoms with Crippen LogP contribution in [-0.2, 0) is 14.4 Å². The Morgan fingerprint density at radius 1 is 1.71 bits per heavy atom. The molecule has 0 unspecified atom stereocenters. The number of rotatable bonds is 2. The molecule has 0 aromatic carbocycles. The summed E-state index contributed by atoms with van der Waals surface area (Å²) in [4.78, 5) is 16.3. The van der Waals surface area contributed by atoms with Crippen LogP contribution < -0.4 is 0 Å². The lowest BCUT2D eigenvalue weighted by Gasteiger charge is -2.31. The zero-order valence-corrected chi connectivity index (χ0v) is 9.16. The summed E-state index contributed by atoms with van der Waals surface area (Å²) in [5.41, 5.74) is 0.551. The number of hydrogen-bond acceptors (Lipinski definition) is 4. The first kappa shape index (κ1) is 11.0. The second kappa shape index (κ2) is 3.98. The molecule has 0 radical (unpaired) electrons. The van der Waals surface area contributed by atoms with Crippen LogP contribution in [0, 0.1) is 5.92 Å². The highest BCUT2D eigenvalue weighted by Crippen LogP contribution is 2.27. The molecule has 0 aromatic heterocycles. The van der Waals surface area contributed by atoms with Crippen molar-refractivity contribution in [2.24, 2.45) is 11.1 Å². The summed E-state index contributed by atoms with van der Waals surface area (Å²) in [5.74, 6) is 0.0109. The highest BCUT2D eigenvalue weighted by Gasteiger charge is 2.31. The van der Waals surface area contributed by atoms with E-state index in [0.29, 0.717) is 0 Å². The van der Waals surface area contributed by atoms with Gasteiger partial charge in [-0.1, -0.05) is 12.1 Å². The van der Waals surface area contributed by atoms with E-state index in [-0.39, 0.29) is 23.9 Å². The summed E-state index contributed by atoms with van der Waals surface area (Å²) in [6.07, 6.45) is 1.11. The molecule has 1 heterocycles. The quantitative estimate of drug-likeness (QED) is 0.636. The Hall–Kier alpha value is -1.06. The van der Waals surface area contributed by atoms with Crippen molar-refractivity contribution in [2.45, 2.75) is 39.2 Å². The zero-order chi connectivity index (χ0) is 10.8. The van der Waals surface area contributed by atoms with Gasteiger partial charge in [-0.05, 0) is 20.3 Å². The maximum atomic E-state index is 11.0. The molecule has 0 aliphatic carbocycles. The van der Waals surface area contributed by atoms with Crippen LogP contribution in [-0.4, -0.2) is 24.4 Å². The van der Waals surface area contributed by atoms with Crippen LogP contribution >= 0.6 is 0 Å². The lowest BCUT2D eigenvalue weighted by atomic mass is 9.89. The highest BCUT2D eigenvalue weighted by atomic mass is 16.6. The van der Waals surface area contributed by atoms with Crippen LogP contribution in [0.5, 0.6) is 0 Å². The average Bonchev–Trinajstić information content (AvgIpc) is 2.09. The van der Waals surface area contributed by atoms with Gasteiger partial charge in [0, 0.05) is 5.92 Å². The van der Waals surface area contributed by atoms with E-state index in [0.717, 1.165) is 12.1 Å². The molecule has 1 atom stereocenters. The van der Waals surface area contributed by atoms with Gasteiger partial charge >= 0.3 is 5.97 Å². The van der Waals surface area contributed by atoms with Crippen LogP contribution in [0.3, 0.4) is 0 Å². The number of hydrogen-bond donors (Lipinski definition) is 0. The molecule has 4 nitrogen and oxygen atoms in total. The van der Waals surface area contributed by atoms with E-state index in [2.05, 4.69) is 9.89 Å². The van der Waals surface area contributed by atoms with Crippen molar-refractivity contribution < 1.29 is 14.4 Å². The monoisotopic (exact) mass is 199 g/mol. The van der Waals surface area contributed by atoms with E-state index in [9.17, 15) is 4.79 Å². The molecule has 0 aromatic rings. The Morgan fingerprint density at radius 3 is 2.86 bits per heavy atom. The molecule has 4 heteroatoms. The van der Waals surface area contributed by atoms with E-state index in [1.807, 2.05) is 20.8 Å². The fourth-order valence-electron chi connectivity index (χ4n) is 1.59. The average molecular weight is 199 g/mol. The van der Waals surface area contributed by atoms with Gasteiger partial charge in [-0.2, -0.15) is 0 Å². The van der Waals surface area contributed by atoms with Crippen LogP contribution in [0.2, 0.25) is 0 Å². The number of esters is 1. The second-order valence-corrected chi connectivity index (χ2v) is 4.29. The molecular weight excluding hydrogens is 182 g/mol. The molecule has 1 aliphatic heterocycles. The van der Waals surface area contributed by atoms with Crippen LogP contribution in [0.4, 0.5) is 0 Å². The smallest absolute Gasteiger partial charge is 0.311 e. The molecule has 0 saturated heterocycles. The number of ether oxygens (including phenoxy) is 1. The molecule has 14 heavy (non-hydrogen) atoms. The molecule has 0 saturated carbocycles. The number of carbonyl (C=O) groups excluding carboxylic acids is 1. The predicted octanol–water partition coefficient (Wildman–Crippen LogP) is 1.74. The van der Waals surface area contributed by atoms with Crippen LogP contribution in [0.15, 0.2) is 5.16 Å². The predicted molar refractivity (Wildman–Crippen MR) is 53.0 cm³/mol. The molecule has 1 rings (SSSR count). The minimum atomic E-state index is -0.265. The summed E-state index contributed by atoms with van der Waals surface area (Å²) in [5, 5.41) is 3.97. The molecule has 0 amide bonds. The van der Waals surface area contributed by atoms with Gasteiger partial charge in [-0.25, -0.2) is 0 Å². The van der Waals surface area contributed by atoms with Gasteiger partial charge in [0.1, 0.15) is 5.60 Å². The Morgan fingerprint density at radius 2 is 2.36 bits per heavy atom. The standard InChI is InChI=1S/C10H17NO3/c1-7-6-10(2,3)14-11-8(7)5-9(12)13-4/h7H,5-6H2,1-4H3/t7-/m1/s1. The Balaban J connectivity index is 2.63. The fraction of sp³-hybridized carbons (Fsp3) is 0.800. The number of oxime groups is 1. The molecule has 0 bridgehead atoms. The molecule has 0 fully saturated rings. The third-order valence-corrected chi connectivity index (χ3v) is 2.33. The SMILES string of the molecule is COC(=O)CC1=NOC(C)(C)C[C@H]1C. The number of carbonyl (C=O) groups is 1. The van der Waals surface area contributed by atoms with E-state index < -0.39 is 0 Å². The van der Waals surface area contributed by atoms with Crippen molar-refractivity contribution in [1.82, 2.24) is 0 Å². The van der Waals surface area contributed by atoms with E-state index in [4.69, 9.17) is 4.84 Å². The first-order valence-corrected chi connectivity index (χ1v) is 4.76. The van der Waals surface area contributed by atoms with Gasteiger partial charge < -0.3 is 9.57 Å². The van der Waals surface area contributed by atoms with Gasteiger partial charge in [0.15, 0.2) is 0 Å². The van der Waals surface area contributed by atoms with Crippen LogP contribution in [0.25, 0.3) is 0 Å². The lowest BCUT2D eigenvalue weighted by molar-refractivity contribution is -0.139. The Labute approximate surface area is 84.3 Å². The van der Waals surface area contributed by atoms with Gasteiger partial charge in [0.05, 0.1) is 19.2 Å². The Bertz CT molecular complexity index is 258. The molecule has 1 aliphatic rings. The molecule has 0 N–H and O–H groups in total. The topological polar surface area (TPSA) is 47.9 Å².